The first kappa shape index (κ1) is 21.1. The normalized spacial score (nSPS) is 20.8. The van der Waals surface area contributed by atoms with Crippen LogP contribution in [0, 0.1) is 0 Å². The molecule has 0 bridgehead atoms. The second-order valence-corrected chi connectivity index (χ2v) is 10.2. The van der Waals surface area contributed by atoms with Gasteiger partial charge < -0.3 is 20.2 Å². The van der Waals surface area contributed by atoms with Crippen molar-refractivity contribution < 1.29 is 23.2 Å². The quantitative estimate of drug-likeness (QED) is 0.535. The molecule has 0 unspecified atom stereocenters. The highest BCUT2D eigenvalue weighted by Crippen LogP contribution is 2.40. The molecule has 0 spiro atoms. The van der Waals surface area contributed by atoms with Gasteiger partial charge in [-0.1, -0.05) is 17.3 Å². The van der Waals surface area contributed by atoms with E-state index in [2.05, 4.69) is 15.4 Å². The largest absolute Gasteiger partial charge is 0.410 e. The number of hydrogen-bond acceptors (Lipinski definition) is 7. The van der Waals surface area contributed by atoms with E-state index in [0.717, 1.165) is 35.2 Å². The van der Waals surface area contributed by atoms with Gasteiger partial charge in [-0.2, -0.15) is 4.31 Å². The Morgan fingerprint density at radius 1 is 1.06 bits per heavy atom. The van der Waals surface area contributed by atoms with Crippen LogP contribution in [-0.2, 0) is 32.5 Å². The van der Waals surface area contributed by atoms with Gasteiger partial charge in [0, 0.05) is 31.7 Å². The number of sulfonamides is 1. The molecule has 5 rings (SSSR count). The molecule has 0 radical (unpaired) electrons. The molecule has 1 fully saturated rings. The van der Waals surface area contributed by atoms with E-state index in [9.17, 15) is 18.4 Å². The molecule has 2 aromatic rings. The van der Waals surface area contributed by atoms with E-state index in [1.54, 1.807) is 24.3 Å². The van der Waals surface area contributed by atoms with Crippen LogP contribution in [0.15, 0.2) is 40.4 Å². The van der Waals surface area contributed by atoms with Crippen LogP contribution in [0.5, 0.6) is 0 Å². The molecule has 2 N–H and O–H groups in total. The zero-order valence-electron chi connectivity index (χ0n) is 17.7. The Morgan fingerprint density at radius 2 is 1.78 bits per heavy atom. The number of likely N-dealkylation sites (N-methyl/N-ethyl adjacent to an activating group) is 1. The molecule has 9 nitrogen and oxygen atoms in total. The van der Waals surface area contributed by atoms with Crippen LogP contribution in [-0.4, -0.2) is 74.3 Å². The fourth-order valence-electron chi connectivity index (χ4n) is 4.61. The highest BCUT2D eigenvalue weighted by Gasteiger charge is 2.33. The monoisotopic (exact) mass is 456 g/mol. The van der Waals surface area contributed by atoms with Crippen molar-refractivity contribution in [3.05, 3.63) is 47.0 Å². The van der Waals surface area contributed by atoms with Crippen molar-refractivity contribution in [2.75, 3.05) is 45.2 Å². The van der Waals surface area contributed by atoms with Gasteiger partial charge in [0.1, 0.15) is 0 Å². The summed E-state index contributed by atoms with van der Waals surface area (Å²) in [5.41, 5.74) is 5.14. The molecule has 10 heteroatoms. The second-order valence-electron chi connectivity index (χ2n) is 8.24. The second kappa shape index (κ2) is 7.96. The average Bonchev–Trinajstić information content (AvgIpc) is 3.14. The molecular weight excluding hydrogens is 432 g/mol. The lowest BCUT2D eigenvalue weighted by Crippen LogP contribution is -2.40. The first-order chi connectivity index (χ1) is 15.4. The number of nitrogens with one attached hydrogen (secondary N) is 1. The number of rotatable bonds is 3. The Kier molecular flexibility index (Phi) is 5.25. The molecule has 32 heavy (non-hydrogen) atoms. The van der Waals surface area contributed by atoms with E-state index in [1.807, 2.05) is 13.1 Å². The maximum absolute atomic E-state index is 13.0. The maximum atomic E-state index is 13.0. The van der Waals surface area contributed by atoms with Crippen LogP contribution < -0.4 is 5.32 Å². The fourth-order valence-corrected chi connectivity index (χ4v) is 6.02. The minimum Gasteiger partial charge on any atom is -0.410 e. The summed E-state index contributed by atoms with van der Waals surface area (Å²) in [5, 5.41) is 15.4. The third kappa shape index (κ3) is 3.39. The Balaban J connectivity index is 1.58. The predicted molar refractivity (Wildman–Crippen MR) is 118 cm³/mol. The number of fused-ring (bicyclic) bond motifs is 3. The van der Waals surface area contributed by atoms with Crippen LogP contribution in [0.4, 0.5) is 5.69 Å². The van der Waals surface area contributed by atoms with Gasteiger partial charge in [-0.25, -0.2) is 8.42 Å². The third-order valence-corrected chi connectivity index (χ3v) is 8.22. The summed E-state index contributed by atoms with van der Waals surface area (Å²) in [6.45, 7) is 3.04. The first-order valence-corrected chi connectivity index (χ1v) is 11.9. The number of amides is 1. The average molecular weight is 457 g/mol. The maximum Gasteiger partial charge on any atom is 0.278 e. The lowest BCUT2D eigenvalue weighted by Gasteiger charge is -2.29. The van der Waals surface area contributed by atoms with Crippen molar-refractivity contribution in [3.63, 3.8) is 0 Å². The number of carbonyl (C=O) groups excluding carboxylic acids is 1. The summed E-state index contributed by atoms with van der Waals surface area (Å²) in [6.07, 6.45) is 0.754. The third-order valence-electron chi connectivity index (χ3n) is 6.30. The van der Waals surface area contributed by atoms with Gasteiger partial charge in [0.15, 0.2) is 5.71 Å². The van der Waals surface area contributed by atoms with E-state index in [0.29, 0.717) is 44.1 Å². The van der Waals surface area contributed by atoms with E-state index < -0.39 is 15.9 Å². The first-order valence-electron chi connectivity index (χ1n) is 10.5. The van der Waals surface area contributed by atoms with Gasteiger partial charge in [-0.3, -0.25) is 4.79 Å². The minimum atomic E-state index is -3.58. The molecule has 168 valence electrons. The van der Waals surface area contributed by atoms with Crippen LogP contribution in [0.3, 0.4) is 0 Å². The lowest BCUT2D eigenvalue weighted by molar-refractivity contribution is -0.110. The summed E-state index contributed by atoms with van der Waals surface area (Å²) in [5.74, 6) is -0.423. The number of anilines is 1. The van der Waals surface area contributed by atoms with Gasteiger partial charge >= 0.3 is 0 Å². The van der Waals surface area contributed by atoms with Crippen LogP contribution >= 0.6 is 0 Å². The van der Waals surface area contributed by atoms with Gasteiger partial charge in [0.2, 0.25) is 10.0 Å². The Bertz CT molecular complexity index is 1220. The predicted octanol–water partition coefficient (Wildman–Crippen LogP) is 1.49. The molecule has 1 saturated heterocycles. The number of oxime groups is 1. The zero-order valence-corrected chi connectivity index (χ0v) is 18.5. The topological polar surface area (TPSA) is 112 Å². The van der Waals surface area contributed by atoms with Gasteiger partial charge in [0.05, 0.1) is 23.8 Å². The van der Waals surface area contributed by atoms with Crippen LogP contribution in [0.2, 0.25) is 0 Å². The smallest absolute Gasteiger partial charge is 0.278 e. The molecule has 3 aliphatic heterocycles. The highest BCUT2D eigenvalue weighted by atomic mass is 32.2. The Morgan fingerprint density at radius 3 is 2.47 bits per heavy atom. The van der Waals surface area contributed by atoms with Gasteiger partial charge in [-0.05, 0) is 53.9 Å². The van der Waals surface area contributed by atoms with Crippen molar-refractivity contribution in [1.29, 1.82) is 0 Å². The molecule has 0 atom stereocenters. The van der Waals surface area contributed by atoms with Crippen LogP contribution in [0.1, 0.15) is 16.7 Å². The fraction of sp³-hybridized carbons (Fsp3) is 0.364. The molecule has 3 heterocycles. The van der Waals surface area contributed by atoms with E-state index in [-0.39, 0.29) is 10.6 Å². The van der Waals surface area contributed by atoms with E-state index >= 15 is 0 Å². The summed E-state index contributed by atoms with van der Waals surface area (Å²) in [6, 6.07) is 8.69. The van der Waals surface area contributed by atoms with Crippen molar-refractivity contribution >= 4 is 27.3 Å². The summed E-state index contributed by atoms with van der Waals surface area (Å²) >= 11 is 0. The Hall–Kier alpha value is -2.79. The molecule has 0 aromatic heterocycles. The molecule has 3 aliphatic rings. The summed E-state index contributed by atoms with van der Waals surface area (Å²) < 4.78 is 32.6. The minimum absolute atomic E-state index is 0.00510. The number of carbonyl (C=O) groups is 1. The standard InChI is InChI=1S/C22H24N4O5S/c1-25-7-6-16-19(13-25)17(12-18-20(16)23-22(27)21(18)24-28)14-2-4-15(5-3-14)32(29,30)26-8-10-31-11-9-26/h2-5,12,28H,6-11,13H2,1H3,(H,23,24,27). The van der Waals surface area contributed by atoms with Crippen molar-refractivity contribution in [2.45, 2.75) is 17.9 Å². The molecular formula is C22H24N4O5S. The van der Waals surface area contributed by atoms with Crippen molar-refractivity contribution in [3.8, 4) is 11.1 Å². The number of nitrogens with zero attached hydrogens (tertiary/aromatic N) is 3. The SMILES string of the molecule is CN1CCc2c(c(-c3ccc(S(=O)(=O)N4CCOCC4)cc3)cc3c2NC(=O)/C3=N\O)C1. The van der Waals surface area contributed by atoms with Crippen molar-refractivity contribution in [1.82, 2.24) is 9.21 Å². The van der Waals surface area contributed by atoms with Crippen LogP contribution in [0.25, 0.3) is 11.1 Å². The number of morpholine rings is 1. The summed E-state index contributed by atoms with van der Waals surface area (Å²) in [4.78, 5) is 14.7. The number of benzene rings is 2. The molecule has 1 amide bonds. The summed E-state index contributed by atoms with van der Waals surface area (Å²) in [7, 11) is -1.54. The lowest BCUT2D eigenvalue weighted by atomic mass is 9.87. The number of hydrogen-bond donors (Lipinski definition) is 2. The Labute approximate surface area is 186 Å². The molecule has 2 aromatic carbocycles. The van der Waals surface area contributed by atoms with E-state index in [4.69, 9.17) is 4.74 Å². The van der Waals surface area contributed by atoms with Crippen molar-refractivity contribution in [2.24, 2.45) is 5.16 Å². The van der Waals surface area contributed by atoms with E-state index in [1.165, 1.54) is 4.31 Å². The van der Waals surface area contributed by atoms with Gasteiger partial charge in [-0.15, -0.1) is 0 Å². The number of ether oxygens (including phenoxy) is 1. The highest BCUT2D eigenvalue weighted by molar-refractivity contribution is 7.89. The van der Waals surface area contributed by atoms with Gasteiger partial charge in [0.25, 0.3) is 5.91 Å². The zero-order chi connectivity index (χ0) is 22.5. The molecule has 0 saturated carbocycles. The molecule has 0 aliphatic carbocycles.